The molecule has 2 aromatic heterocycles. The second-order valence-corrected chi connectivity index (χ2v) is 5.70. The van der Waals surface area contributed by atoms with E-state index in [2.05, 4.69) is 20.3 Å². The van der Waals surface area contributed by atoms with Gasteiger partial charge in [-0.2, -0.15) is 4.99 Å². The number of fused-ring (bicyclic) bond motifs is 1. The number of aromatic nitrogens is 4. The largest absolute Gasteiger partial charge is 0.496 e. The number of amidine groups is 1. The van der Waals surface area contributed by atoms with Crippen LogP contribution in [0.4, 0.5) is 0 Å². The average molecular weight is 338 g/mol. The van der Waals surface area contributed by atoms with E-state index in [-0.39, 0.29) is 11.9 Å². The van der Waals surface area contributed by atoms with Crippen LogP contribution < -0.4 is 10.5 Å². The first-order valence-corrected chi connectivity index (χ1v) is 7.74. The molecule has 0 aliphatic rings. The Kier molecular flexibility index (Phi) is 4.42. The van der Waals surface area contributed by atoms with Crippen molar-refractivity contribution in [3.8, 4) is 5.75 Å². The molecule has 128 valence electrons. The van der Waals surface area contributed by atoms with Gasteiger partial charge in [-0.1, -0.05) is 17.3 Å². The summed E-state index contributed by atoms with van der Waals surface area (Å²) in [6.07, 6.45) is 1.45. The lowest BCUT2D eigenvalue weighted by Gasteiger charge is -2.07. The second-order valence-electron chi connectivity index (χ2n) is 5.70. The van der Waals surface area contributed by atoms with Crippen LogP contribution >= 0.6 is 0 Å². The zero-order valence-electron chi connectivity index (χ0n) is 14.2. The van der Waals surface area contributed by atoms with Gasteiger partial charge in [-0.3, -0.25) is 4.79 Å². The van der Waals surface area contributed by atoms with Crippen molar-refractivity contribution in [3.63, 3.8) is 0 Å². The molecule has 0 aliphatic heterocycles. The highest BCUT2D eigenvalue weighted by Crippen LogP contribution is 2.18. The summed E-state index contributed by atoms with van der Waals surface area (Å²) in [5, 5.41) is 8.09. The molecule has 0 atom stereocenters. The monoisotopic (exact) mass is 338 g/mol. The quantitative estimate of drug-likeness (QED) is 0.575. The number of nitrogens with zero attached hydrogens (tertiary/aromatic N) is 5. The second kappa shape index (κ2) is 6.68. The number of pyridine rings is 1. The first-order chi connectivity index (χ1) is 12.0. The van der Waals surface area contributed by atoms with Crippen LogP contribution in [0.15, 0.2) is 41.5 Å². The number of amides is 1. The van der Waals surface area contributed by atoms with Gasteiger partial charge in [0.05, 0.1) is 24.3 Å². The van der Waals surface area contributed by atoms with Crippen molar-refractivity contribution in [2.45, 2.75) is 19.9 Å². The highest BCUT2D eigenvalue weighted by Gasteiger charge is 2.14. The highest BCUT2D eigenvalue weighted by atomic mass is 16.5. The Balaban J connectivity index is 1.94. The smallest absolute Gasteiger partial charge is 0.280 e. The zero-order chi connectivity index (χ0) is 18.0. The molecule has 3 aromatic rings. The topological polar surface area (TPSA) is 108 Å². The van der Waals surface area contributed by atoms with Gasteiger partial charge in [-0.15, -0.1) is 5.10 Å². The van der Waals surface area contributed by atoms with Gasteiger partial charge in [0, 0.05) is 6.20 Å². The van der Waals surface area contributed by atoms with E-state index in [1.165, 1.54) is 13.3 Å². The summed E-state index contributed by atoms with van der Waals surface area (Å²) in [5.41, 5.74) is 7.96. The minimum Gasteiger partial charge on any atom is -0.496 e. The summed E-state index contributed by atoms with van der Waals surface area (Å²) in [6.45, 7) is 3.96. The third kappa shape index (κ3) is 3.18. The Hall–Kier alpha value is -3.29. The van der Waals surface area contributed by atoms with Gasteiger partial charge in [0.15, 0.2) is 5.65 Å². The molecule has 0 unspecified atom stereocenters. The molecule has 0 fully saturated rings. The molecule has 0 saturated heterocycles. The van der Waals surface area contributed by atoms with Gasteiger partial charge in [-0.05, 0) is 32.0 Å². The molecule has 25 heavy (non-hydrogen) atoms. The fourth-order valence-electron chi connectivity index (χ4n) is 2.39. The van der Waals surface area contributed by atoms with Gasteiger partial charge in [0.25, 0.3) is 5.91 Å². The van der Waals surface area contributed by atoms with E-state index >= 15 is 0 Å². The van der Waals surface area contributed by atoms with Gasteiger partial charge in [-0.25, -0.2) is 9.67 Å². The van der Waals surface area contributed by atoms with Crippen LogP contribution in [-0.2, 0) is 0 Å². The summed E-state index contributed by atoms with van der Waals surface area (Å²) in [5.74, 6) is 0.121. The van der Waals surface area contributed by atoms with Gasteiger partial charge in [0.2, 0.25) is 0 Å². The molecule has 3 rings (SSSR count). The molecule has 1 aromatic carbocycles. The minimum atomic E-state index is -0.503. The van der Waals surface area contributed by atoms with Crippen molar-refractivity contribution in [1.82, 2.24) is 20.0 Å². The standard InChI is InChI=1S/C17H18N6O2/c1-10(2)23-16-13(21-22-23)8-11(9-19-16)17(24)20-15(18)12-6-4-5-7-14(12)25-3/h4-10H,1-3H3,(H2,18,20,24). The SMILES string of the molecule is COc1ccccc1C(N)=NC(=O)c1cnc2c(c1)nnn2C(C)C. The van der Waals surface area contributed by atoms with Crippen molar-refractivity contribution < 1.29 is 9.53 Å². The summed E-state index contributed by atoms with van der Waals surface area (Å²) in [7, 11) is 1.53. The first-order valence-electron chi connectivity index (χ1n) is 7.74. The van der Waals surface area contributed by atoms with Crippen LogP contribution in [0.3, 0.4) is 0 Å². The molecule has 2 heterocycles. The third-order valence-corrected chi connectivity index (χ3v) is 3.65. The van der Waals surface area contributed by atoms with Crippen molar-refractivity contribution in [1.29, 1.82) is 0 Å². The number of nitrogens with two attached hydrogens (primary N) is 1. The fourth-order valence-corrected chi connectivity index (χ4v) is 2.39. The van der Waals surface area contributed by atoms with Gasteiger partial charge in [0.1, 0.15) is 17.1 Å². The van der Waals surface area contributed by atoms with Crippen LogP contribution in [0.2, 0.25) is 0 Å². The molecule has 8 nitrogen and oxygen atoms in total. The molecule has 0 aliphatic carbocycles. The Morgan fingerprint density at radius 3 is 2.80 bits per heavy atom. The highest BCUT2D eigenvalue weighted by molar-refractivity contribution is 6.10. The maximum atomic E-state index is 12.4. The van der Waals surface area contributed by atoms with Crippen molar-refractivity contribution >= 4 is 22.9 Å². The van der Waals surface area contributed by atoms with E-state index in [9.17, 15) is 4.79 Å². The number of hydrogen-bond donors (Lipinski definition) is 1. The van der Waals surface area contributed by atoms with Crippen LogP contribution in [0, 0.1) is 0 Å². The molecular formula is C17H18N6O2. The van der Waals surface area contributed by atoms with E-state index < -0.39 is 5.91 Å². The molecule has 0 bridgehead atoms. The number of methoxy groups -OCH3 is 1. The number of carbonyl (C=O) groups excluding carboxylic acids is 1. The normalized spacial score (nSPS) is 11.9. The predicted molar refractivity (Wildman–Crippen MR) is 93.8 cm³/mol. The van der Waals surface area contributed by atoms with Gasteiger partial charge < -0.3 is 10.5 Å². The summed E-state index contributed by atoms with van der Waals surface area (Å²) in [6, 6.07) is 8.82. The van der Waals surface area contributed by atoms with Crippen LogP contribution in [0.1, 0.15) is 35.8 Å². The molecule has 2 N–H and O–H groups in total. The summed E-state index contributed by atoms with van der Waals surface area (Å²) < 4.78 is 6.92. The summed E-state index contributed by atoms with van der Waals surface area (Å²) in [4.78, 5) is 20.6. The Morgan fingerprint density at radius 1 is 1.32 bits per heavy atom. The molecule has 8 heteroatoms. The lowest BCUT2D eigenvalue weighted by atomic mass is 10.2. The zero-order valence-corrected chi connectivity index (χ0v) is 14.2. The molecule has 0 saturated carbocycles. The maximum Gasteiger partial charge on any atom is 0.280 e. The minimum absolute atomic E-state index is 0.0772. The van der Waals surface area contributed by atoms with Crippen LogP contribution in [0.5, 0.6) is 5.75 Å². The first kappa shape index (κ1) is 16.6. The molecular weight excluding hydrogens is 320 g/mol. The fraction of sp³-hybridized carbons (Fsp3) is 0.235. The number of hydrogen-bond acceptors (Lipinski definition) is 5. The van der Waals surface area contributed by atoms with E-state index in [4.69, 9.17) is 10.5 Å². The summed E-state index contributed by atoms with van der Waals surface area (Å²) >= 11 is 0. The van der Waals surface area contributed by atoms with Crippen LogP contribution in [-0.4, -0.2) is 38.8 Å². The molecule has 0 spiro atoms. The number of para-hydroxylation sites is 1. The predicted octanol–water partition coefficient (Wildman–Crippen LogP) is 1.96. The van der Waals surface area contributed by atoms with Gasteiger partial charge >= 0.3 is 0 Å². The van der Waals surface area contributed by atoms with Crippen molar-refractivity contribution in [2.24, 2.45) is 10.7 Å². The van der Waals surface area contributed by atoms with Crippen molar-refractivity contribution in [2.75, 3.05) is 7.11 Å². The number of benzene rings is 1. The van der Waals surface area contributed by atoms with Crippen LogP contribution in [0.25, 0.3) is 11.2 Å². The lowest BCUT2D eigenvalue weighted by Crippen LogP contribution is -2.17. The molecule has 0 radical (unpaired) electrons. The third-order valence-electron chi connectivity index (χ3n) is 3.65. The molecule has 1 amide bonds. The number of carbonyl (C=O) groups is 1. The van der Waals surface area contributed by atoms with E-state index in [1.807, 2.05) is 19.9 Å². The lowest BCUT2D eigenvalue weighted by molar-refractivity contribution is 0.100. The van der Waals surface area contributed by atoms with Crippen molar-refractivity contribution in [3.05, 3.63) is 47.7 Å². The average Bonchev–Trinajstić information content (AvgIpc) is 3.04. The number of ether oxygens (including phenoxy) is 1. The van der Waals surface area contributed by atoms with E-state index in [0.717, 1.165) is 0 Å². The Bertz CT molecular complexity index is 961. The maximum absolute atomic E-state index is 12.4. The van der Waals surface area contributed by atoms with E-state index in [0.29, 0.717) is 28.0 Å². The number of rotatable bonds is 4. The Labute approximate surface area is 144 Å². The van der Waals surface area contributed by atoms with E-state index in [1.54, 1.807) is 28.9 Å². The Morgan fingerprint density at radius 2 is 2.08 bits per heavy atom. The number of aliphatic imine (C=N–C) groups is 1.